The maximum Gasteiger partial charge on any atom is 0.245 e. The molecule has 0 aliphatic heterocycles. The van der Waals surface area contributed by atoms with Crippen LogP contribution in [0.4, 0.5) is 0 Å². The third-order valence-electron chi connectivity index (χ3n) is 3.12. The second kappa shape index (κ2) is 14.3. The zero-order valence-corrected chi connectivity index (χ0v) is 14.7. The molecule has 0 radical (unpaired) electrons. The Bertz CT molecular complexity index is 569. The van der Waals surface area contributed by atoms with Gasteiger partial charge in [-0.25, -0.2) is 0 Å². The van der Waals surface area contributed by atoms with Gasteiger partial charge in [-0.05, 0) is 37.4 Å². The summed E-state index contributed by atoms with van der Waals surface area (Å²) in [5, 5.41) is 12.1. The highest BCUT2D eigenvalue weighted by Gasteiger charge is 2.22. The molecular formula is C13H24N10O3. The Balaban J connectivity index is 4.37. The van der Waals surface area contributed by atoms with Crippen molar-refractivity contribution in [3.63, 3.8) is 0 Å². The van der Waals surface area contributed by atoms with E-state index >= 15 is 0 Å². The van der Waals surface area contributed by atoms with E-state index in [0.29, 0.717) is 25.9 Å². The summed E-state index contributed by atoms with van der Waals surface area (Å²) in [6, 6.07) is -0.841. The zero-order chi connectivity index (χ0) is 19.8. The molecule has 0 saturated heterocycles. The standard InChI is InChI=1S/C13H24N10O3/c1-10(20-12(25)8-17-4-2-5-18-21-15)13(26)23(9-11(14)24)7-3-6-19-22-16/h10,17H,2-9H2,1H3,(H2,14,24)(H,20,25)/t10-/m0/s1. The number of primary amides is 1. The summed E-state index contributed by atoms with van der Waals surface area (Å²) in [6.45, 7) is 2.40. The first-order chi connectivity index (χ1) is 12.4. The van der Waals surface area contributed by atoms with Crippen LogP contribution in [0.1, 0.15) is 19.8 Å². The van der Waals surface area contributed by atoms with Gasteiger partial charge in [-0.3, -0.25) is 14.4 Å². The molecule has 0 aliphatic rings. The van der Waals surface area contributed by atoms with Gasteiger partial charge in [0.1, 0.15) is 6.04 Å². The van der Waals surface area contributed by atoms with Crippen molar-refractivity contribution in [1.29, 1.82) is 0 Å². The Morgan fingerprint density at radius 3 is 2.35 bits per heavy atom. The van der Waals surface area contributed by atoms with E-state index in [2.05, 4.69) is 30.7 Å². The van der Waals surface area contributed by atoms with Crippen molar-refractivity contribution in [2.24, 2.45) is 16.0 Å². The molecule has 0 spiro atoms. The van der Waals surface area contributed by atoms with Crippen LogP contribution in [-0.4, -0.2) is 67.9 Å². The SMILES string of the molecule is C[C@H](NC(=O)CNCCCN=[N+]=[N-])C(=O)N(CCCN=[N+]=[N-])CC(N)=O. The van der Waals surface area contributed by atoms with Crippen molar-refractivity contribution in [2.45, 2.75) is 25.8 Å². The first-order valence-electron chi connectivity index (χ1n) is 8.01. The molecular weight excluding hydrogens is 344 g/mol. The minimum Gasteiger partial charge on any atom is -0.368 e. The molecule has 1 atom stereocenters. The van der Waals surface area contributed by atoms with Crippen molar-refractivity contribution >= 4 is 17.7 Å². The maximum atomic E-state index is 12.4. The van der Waals surface area contributed by atoms with Crippen molar-refractivity contribution in [3.8, 4) is 0 Å². The minimum atomic E-state index is -0.841. The number of carbonyl (C=O) groups is 3. The van der Waals surface area contributed by atoms with Gasteiger partial charge in [0, 0.05) is 29.5 Å². The number of amides is 3. The molecule has 0 aromatic heterocycles. The summed E-state index contributed by atoms with van der Waals surface area (Å²) in [5.74, 6) is -1.52. The molecule has 0 aromatic carbocycles. The minimum absolute atomic E-state index is 0.000587. The molecule has 0 heterocycles. The van der Waals surface area contributed by atoms with E-state index in [4.69, 9.17) is 16.8 Å². The monoisotopic (exact) mass is 368 g/mol. The lowest BCUT2D eigenvalue weighted by Gasteiger charge is -2.25. The number of nitrogens with zero attached hydrogens (tertiary/aromatic N) is 7. The van der Waals surface area contributed by atoms with Crippen molar-refractivity contribution in [3.05, 3.63) is 20.9 Å². The van der Waals surface area contributed by atoms with Crippen LogP contribution < -0.4 is 16.4 Å². The lowest BCUT2D eigenvalue weighted by Crippen LogP contribution is -2.51. The van der Waals surface area contributed by atoms with Crippen LogP contribution in [0, 0.1) is 0 Å². The Morgan fingerprint density at radius 1 is 1.15 bits per heavy atom. The van der Waals surface area contributed by atoms with Gasteiger partial charge in [0.25, 0.3) is 0 Å². The second-order valence-corrected chi connectivity index (χ2v) is 5.31. The fourth-order valence-corrected chi connectivity index (χ4v) is 1.98. The van der Waals surface area contributed by atoms with Crippen LogP contribution in [0.5, 0.6) is 0 Å². The lowest BCUT2D eigenvalue weighted by atomic mass is 10.2. The van der Waals surface area contributed by atoms with E-state index in [9.17, 15) is 14.4 Å². The largest absolute Gasteiger partial charge is 0.368 e. The molecule has 0 saturated carbocycles. The first kappa shape index (κ1) is 23.0. The maximum absolute atomic E-state index is 12.4. The normalized spacial score (nSPS) is 10.8. The smallest absolute Gasteiger partial charge is 0.245 e. The van der Waals surface area contributed by atoms with Gasteiger partial charge >= 0.3 is 0 Å². The molecule has 0 fully saturated rings. The lowest BCUT2D eigenvalue weighted by molar-refractivity contribution is -0.138. The van der Waals surface area contributed by atoms with Crippen LogP contribution in [-0.2, 0) is 14.4 Å². The summed E-state index contributed by atoms with van der Waals surface area (Å²) in [4.78, 5) is 41.7. The molecule has 13 nitrogen and oxygen atoms in total. The summed E-state index contributed by atoms with van der Waals surface area (Å²) in [5.41, 5.74) is 21.5. The molecule has 0 rings (SSSR count). The van der Waals surface area contributed by atoms with Crippen LogP contribution >= 0.6 is 0 Å². The summed E-state index contributed by atoms with van der Waals surface area (Å²) < 4.78 is 0. The van der Waals surface area contributed by atoms with E-state index in [0.717, 1.165) is 0 Å². The quantitative estimate of drug-likeness (QED) is 0.165. The molecule has 0 aromatic rings. The van der Waals surface area contributed by atoms with Gasteiger partial charge in [-0.2, -0.15) is 0 Å². The highest BCUT2D eigenvalue weighted by molar-refractivity contribution is 5.90. The van der Waals surface area contributed by atoms with E-state index in [1.807, 2.05) is 0 Å². The third kappa shape index (κ3) is 11.5. The predicted octanol–water partition coefficient (Wildman–Crippen LogP) is -0.205. The zero-order valence-electron chi connectivity index (χ0n) is 14.7. The Kier molecular flexibility index (Phi) is 12.7. The molecule has 0 unspecified atom stereocenters. The van der Waals surface area contributed by atoms with Crippen LogP contribution in [0.15, 0.2) is 10.2 Å². The highest BCUT2D eigenvalue weighted by atomic mass is 16.2. The first-order valence-corrected chi connectivity index (χ1v) is 8.01. The van der Waals surface area contributed by atoms with Gasteiger partial charge in [0.05, 0.1) is 13.1 Å². The fourth-order valence-electron chi connectivity index (χ4n) is 1.98. The molecule has 0 aliphatic carbocycles. The molecule has 26 heavy (non-hydrogen) atoms. The van der Waals surface area contributed by atoms with E-state index in [1.165, 1.54) is 11.8 Å². The molecule has 4 N–H and O–H groups in total. The number of azide groups is 2. The summed E-state index contributed by atoms with van der Waals surface area (Å²) >= 11 is 0. The predicted molar refractivity (Wildman–Crippen MR) is 93.5 cm³/mol. The molecule has 3 amide bonds. The van der Waals surface area contributed by atoms with E-state index in [-0.39, 0.29) is 32.1 Å². The summed E-state index contributed by atoms with van der Waals surface area (Å²) in [7, 11) is 0. The van der Waals surface area contributed by atoms with Crippen LogP contribution in [0.2, 0.25) is 0 Å². The van der Waals surface area contributed by atoms with Crippen LogP contribution in [0.25, 0.3) is 20.9 Å². The van der Waals surface area contributed by atoms with Gasteiger partial charge < -0.3 is 21.3 Å². The van der Waals surface area contributed by atoms with Crippen molar-refractivity contribution in [1.82, 2.24) is 15.5 Å². The average molecular weight is 368 g/mol. The van der Waals surface area contributed by atoms with Crippen molar-refractivity contribution in [2.75, 3.05) is 39.3 Å². The fraction of sp³-hybridized carbons (Fsp3) is 0.769. The van der Waals surface area contributed by atoms with Gasteiger partial charge in [0.2, 0.25) is 17.7 Å². The van der Waals surface area contributed by atoms with Gasteiger partial charge in [-0.15, -0.1) is 0 Å². The Labute approximate surface area is 150 Å². The molecule has 0 bridgehead atoms. The van der Waals surface area contributed by atoms with Crippen molar-refractivity contribution < 1.29 is 14.4 Å². The van der Waals surface area contributed by atoms with Gasteiger partial charge in [-0.1, -0.05) is 10.2 Å². The number of carbonyl (C=O) groups excluding carboxylic acids is 3. The molecule has 13 heteroatoms. The number of nitrogens with one attached hydrogen (secondary N) is 2. The summed E-state index contributed by atoms with van der Waals surface area (Å²) in [6.07, 6.45) is 0.958. The number of hydrogen-bond donors (Lipinski definition) is 3. The number of hydrogen-bond acceptors (Lipinski definition) is 6. The molecule has 144 valence electrons. The highest BCUT2D eigenvalue weighted by Crippen LogP contribution is 1.98. The van der Waals surface area contributed by atoms with Gasteiger partial charge in [0.15, 0.2) is 0 Å². The number of nitrogens with two attached hydrogens (primary N) is 1. The number of rotatable bonds is 14. The second-order valence-electron chi connectivity index (χ2n) is 5.31. The third-order valence-corrected chi connectivity index (χ3v) is 3.12. The van der Waals surface area contributed by atoms with E-state index < -0.39 is 17.9 Å². The Hall–Kier alpha value is -3.01. The topological polar surface area (TPSA) is 202 Å². The average Bonchev–Trinajstić information content (AvgIpc) is 2.59. The van der Waals surface area contributed by atoms with E-state index in [1.54, 1.807) is 0 Å². The Morgan fingerprint density at radius 2 is 1.77 bits per heavy atom. The van der Waals surface area contributed by atoms with Crippen LogP contribution in [0.3, 0.4) is 0 Å².